The monoisotopic (exact) mass is 294 g/mol. The lowest BCUT2D eigenvalue weighted by atomic mass is 10.3. The first-order valence-electron chi connectivity index (χ1n) is 5.61. The molecule has 4 heteroatoms. The maximum atomic E-state index is 5.77. The molecule has 1 aromatic heterocycles. The van der Waals surface area contributed by atoms with Crippen LogP contribution in [-0.2, 0) is 13.2 Å². The minimum absolute atomic E-state index is 0.539. The van der Waals surface area contributed by atoms with Gasteiger partial charge in [-0.2, -0.15) is 5.10 Å². The molecule has 0 aliphatic heterocycles. The van der Waals surface area contributed by atoms with E-state index < -0.39 is 0 Å². The number of para-hydroxylation sites is 1. The van der Waals surface area contributed by atoms with Gasteiger partial charge >= 0.3 is 0 Å². The summed E-state index contributed by atoms with van der Waals surface area (Å²) >= 11 is 3.46. The highest BCUT2D eigenvalue weighted by Crippen LogP contribution is 2.24. The zero-order chi connectivity index (χ0) is 12.3. The molecule has 0 saturated carbocycles. The maximum Gasteiger partial charge on any atom is 0.134 e. The normalized spacial score (nSPS) is 10.5. The van der Waals surface area contributed by atoms with Gasteiger partial charge in [-0.1, -0.05) is 12.1 Å². The van der Waals surface area contributed by atoms with Crippen LogP contribution in [0.3, 0.4) is 0 Å². The number of benzene rings is 1. The van der Waals surface area contributed by atoms with E-state index in [1.807, 2.05) is 35.9 Å². The van der Waals surface area contributed by atoms with E-state index in [-0.39, 0.29) is 0 Å². The lowest BCUT2D eigenvalue weighted by Crippen LogP contribution is -2.06. The summed E-state index contributed by atoms with van der Waals surface area (Å²) in [4.78, 5) is 0. The fourth-order valence-electron chi connectivity index (χ4n) is 1.70. The highest BCUT2D eigenvalue weighted by Gasteiger charge is 2.06. The third-order valence-electron chi connectivity index (χ3n) is 2.50. The smallest absolute Gasteiger partial charge is 0.134 e. The average molecular weight is 295 g/mol. The van der Waals surface area contributed by atoms with Crippen molar-refractivity contribution in [3.63, 3.8) is 0 Å². The predicted molar refractivity (Wildman–Crippen MR) is 71.1 cm³/mol. The van der Waals surface area contributed by atoms with E-state index in [0.29, 0.717) is 6.61 Å². The van der Waals surface area contributed by atoms with Crippen molar-refractivity contribution in [1.82, 2.24) is 9.78 Å². The summed E-state index contributed by atoms with van der Waals surface area (Å²) in [7, 11) is 0. The average Bonchev–Trinajstić information content (AvgIpc) is 2.69. The fraction of sp³-hybridized carbons (Fsp3) is 0.308. The third-order valence-corrected chi connectivity index (χ3v) is 3.15. The summed E-state index contributed by atoms with van der Waals surface area (Å²) in [6.07, 6.45) is 0. The minimum Gasteiger partial charge on any atom is -0.486 e. The van der Waals surface area contributed by atoms with Crippen molar-refractivity contribution in [3.05, 3.63) is 46.2 Å². The number of rotatable bonds is 4. The highest BCUT2D eigenvalue weighted by molar-refractivity contribution is 9.10. The number of hydrogen-bond donors (Lipinski definition) is 0. The maximum absolute atomic E-state index is 5.77. The van der Waals surface area contributed by atoms with Crippen LogP contribution in [0.4, 0.5) is 0 Å². The van der Waals surface area contributed by atoms with Crippen LogP contribution in [0, 0.1) is 6.92 Å². The number of aryl methyl sites for hydroxylation is 2. The molecule has 2 rings (SSSR count). The topological polar surface area (TPSA) is 27.1 Å². The van der Waals surface area contributed by atoms with Crippen molar-refractivity contribution in [2.24, 2.45) is 0 Å². The predicted octanol–water partition coefficient (Wildman–Crippen LogP) is 3.55. The van der Waals surface area contributed by atoms with E-state index in [0.717, 1.165) is 28.2 Å². The quantitative estimate of drug-likeness (QED) is 0.862. The number of nitrogens with zero attached hydrogens (tertiary/aromatic N) is 2. The van der Waals surface area contributed by atoms with E-state index >= 15 is 0 Å². The van der Waals surface area contributed by atoms with Gasteiger partial charge in [0.2, 0.25) is 0 Å². The molecule has 0 aliphatic rings. The van der Waals surface area contributed by atoms with E-state index in [1.165, 1.54) is 0 Å². The van der Waals surface area contributed by atoms with Crippen LogP contribution in [0.2, 0.25) is 0 Å². The lowest BCUT2D eigenvalue weighted by molar-refractivity contribution is 0.290. The molecular weight excluding hydrogens is 280 g/mol. The highest BCUT2D eigenvalue weighted by atomic mass is 79.9. The molecule has 2 aromatic rings. The van der Waals surface area contributed by atoms with Gasteiger partial charge in [-0.25, -0.2) is 0 Å². The van der Waals surface area contributed by atoms with Crippen molar-refractivity contribution in [2.75, 3.05) is 0 Å². The zero-order valence-corrected chi connectivity index (χ0v) is 11.6. The van der Waals surface area contributed by atoms with Crippen LogP contribution in [-0.4, -0.2) is 9.78 Å². The van der Waals surface area contributed by atoms with Gasteiger partial charge in [-0.05, 0) is 48.0 Å². The summed E-state index contributed by atoms with van der Waals surface area (Å²) in [5, 5.41) is 4.39. The van der Waals surface area contributed by atoms with Crippen LogP contribution < -0.4 is 4.74 Å². The Morgan fingerprint density at radius 3 is 2.82 bits per heavy atom. The summed E-state index contributed by atoms with van der Waals surface area (Å²) in [6, 6.07) is 9.90. The summed E-state index contributed by atoms with van der Waals surface area (Å²) in [5.74, 6) is 0.856. The minimum atomic E-state index is 0.539. The molecule has 0 saturated heterocycles. The molecule has 0 amide bonds. The van der Waals surface area contributed by atoms with Gasteiger partial charge in [0.15, 0.2) is 0 Å². The van der Waals surface area contributed by atoms with Crippen molar-refractivity contribution < 1.29 is 4.74 Å². The second-order valence-corrected chi connectivity index (χ2v) is 4.67. The van der Waals surface area contributed by atoms with Gasteiger partial charge < -0.3 is 4.74 Å². The van der Waals surface area contributed by atoms with Crippen molar-refractivity contribution in [2.45, 2.75) is 27.0 Å². The molecule has 17 heavy (non-hydrogen) atoms. The van der Waals surface area contributed by atoms with Gasteiger partial charge in [0.25, 0.3) is 0 Å². The van der Waals surface area contributed by atoms with Crippen LogP contribution in [0.1, 0.15) is 18.3 Å². The first kappa shape index (κ1) is 12.2. The summed E-state index contributed by atoms with van der Waals surface area (Å²) < 4.78 is 8.71. The van der Waals surface area contributed by atoms with Crippen molar-refractivity contribution >= 4 is 15.9 Å². The van der Waals surface area contributed by atoms with Gasteiger partial charge in [-0.15, -0.1) is 0 Å². The van der Waals surface area contributed by atoms with Crippen LogP contribution >= 0.6 is 15.9 Å². The zero-order valence-electron chi connectivity index (χ0n) is 9.98. The molecule has 0 atom stereocenters. The molecule has 0 fully saturated rings. The Hall–Kier alpha value is -1.29. The molecule has 1 heterocycles. The van der Waals surface area contributed by atoms with E-state index in [4.69, 9.17) is 4.74 Å². The molecule has 0 bridgehead atoms. The Labute approximate surface area is 110 Å². The van der Waals surface area contributed by atoms with Gasteiger partial charge in [-0.3, -0.25) is 4.68 Å². The molecule has 0 N–H and O–H groups in total. The number of aromatic nitrogens is 2. The summed E-state index contributed by atoms with van der Waals surface area (Å²) in [6.45, 7) is 5.47. The molecule has 0 spiro atoms. The second-order valence-electron chi connectivity index (χ2n) is 3.81. The third kappa shape index (κ3) is 2.88. The molecule has 0 aliphatic carbocycles. The van der Waals surface area contributed by atoms with Gasteiger partial charge in [0.05, 0.1) is 15.9 Å². The van der Waals surface area contributed by atoms with Crippen LogP contribution in [0.5, 0.6) is 5.75 Å². The standard InChI is InChI=1S/C13H15BrN2O/c1-3-16-11(8-10(2)15-16)9-17-13-7-5-4-6-12(13)14/h4-8H,3,9H2,1-2H3. The molecular formula is C13H15BrN2O. The largest absolute Gasteiger partial charge is 0.486 e. The van der Waals surface area contributed by atoms with E-state index in [1.54, 1.807) is 0 Å². The second kappa shape index (κ2) is 5.36. The number of halogens is 1. The Morgan fingerprint density at radius 1 is 1.35 bits per heavy atom. The van der Waals surface area contributed by atoms with Gasteiger partial charge in [0, 0.05) is 6.54 Å². The molecule has 90 valence electrons. The molecule has 0 unspecified atom stereocenters. The number of ether oxygens (including phenoxy) is 1. The van der Waals surface area contributed by atoms with Crippen LogP contribution in [0.25, 0.3) is 0 Å². The van der Waals surface area contributed by atoms with E-state index in [2.05, 4.69) is 34.0 Å². The fourth-order valence-corrected chi connectivity index (χ4v) is 2.10. The van der Waals surface area contributed by atoms with Crippen molar-refractivity contribution in [1.29, 1.82) is 0 Å². The van der Waals surface area contributed by atoms with Gasteiger partial charge in [0.1, 0.15) is 12.4 Å². The molecule has 0 radical (unpaired) electrons. The van der Waals surface area contributed by atoms with Crippen LogP contribution in [0.15, 0.2) is 34.8 Å². The Bertz CT molecular complexity index is 508. The lowest BCUT2D eigenvalue weighted by Gasteiger charge is -2.08. The molecule has 1 aromatic carbocycles. The SMILES string of the molecule is CCn1nc(C)cc1COc1ccccc1Br. The first-order chi connectivity index (χ1) is 8.20. The summed E-state index contributed by atoms with van der Waals surface area (Å²) in [5.41, 5.74) is 2.12. The van der Waals surface area contributed by atoms with Crippen molar-refractivity contribution in [3.8, 4) is 5.75 Å². The Kier molecular flexibility index (Phi) is 3.84. The number of hydrogen-bond acceptors (Lipinski definition) is 2. The Morgan fingerprint density at radius 2 is 2.12 bits per heavy atom. The Balaban J connectivity index is 2.09. The van der Waals surface area contributed by atoms with E-state index in [9.17, 15) is 0 Å². The first-order valence-corrected chi connectivity index (χ1v) is 6.40. The molecule has 3 nitrogen and oxygen atoms in total.